The summed E-state index contributed by atoms with van der Waals surface area (Å²) in [5.74, 6) is 2.37. The number of hydrogen-bond donors (Lipinski definition) is 1. The van der Waals surface area contributed by atoms with Crippen molar-refractivity contribution in [3.8, 4) is 0 Å². The highest BCUT2D eigenvalue weighted by Crippen LogP contribution is 2.26. The molecular formula is C10H14N2S. The molecule has 0 aliphatic carbocycles. The lowest BCUT2D eigenvalue weighted by Gasteiger charge is -2.17. The Kier molecular flexibility index (Phi) is 2.86. The van der Waals surface area contributed by atoms with Gasteiger partial charge in [-0.05, 0) is 41.8 Å². The lowest BCUT2D eigenvalue weighted by Crippen LogP contribution is -2.11. The predicted molar refractivity (Wildman–Crippen MR) is 56.9 cm³/mol. The lowest BCUT2D eigenvalue weighted by molar-refractivity contribution is 0.913. The number of rotatable bonds is 2. The second-order valence-corrected chi connectivity index (χ2v) is 4.38. The van der Waals surface area contributed by atoms with Crippen LogP contribution in [0.4, 0.5) is 0 Å². The molecule has 13 heavy (non-hydrogen) atoms. The summed E-state index contributed by atoms with van der Waals surface area (Å²) in [5.41, 5.74) is 9.85. The standard InChI is InChI=1S/C10H14N2S/c11-3-1-8-5-12-6-9-7-13-4-2-10(8)9/h5-6H,1-4,7,11H2. The topological polar surface area (TPSA) is 38.9 Å². The first-order valence-corrected chi connectivity index (χ1v) is 5.79. The molecule has 2 heterocycles. The van der Waals surface area contributed by atoms with E-state index in [9.17, 15) is 0 Å². The van der Waals surface area contributed by atoms with Crippen molar-refractivity contribution >= 4 is 11.8 Å². The third-order valence-electron chi connectivity index (χ3n) is 2.40. The molecule has 1 aliphatic rings. The van der Waals surface area contributed by atoms with E-state index in [1.807, 2.05) is 24.2 Å². The summed E-state index contributed by atoms with van der Waals surface area (Å²) in [4.78, 5) is 4.25. The summed E-state index contributed by atoms with van der Waals surface area (Å²) in [6.45, 7) is 0.727. The Bertz CT molecular complexity index is 299. The normalized spacial score (nSPS) is 15.5. The van der Waals surface area contributed by atoms with Gasteiger partial charge in [0.15, 0.2) is 0 Å². The van der Waals surface area contributed by atoms with Crippen molar-refractivity contribution < 1.29 is 0 Å². The van der Waals surface area contributed by atoms with E-state index in [2.05, 4.69) is 4.98 Å². The molecule has 2 N–H and O–H groups in total. The molecule has 0 bridgehead atoms. The lowest BCUT2D eigenvalue weighted by atomic mass is 10.0. The Morgan fingerprint density at radius 1 is 1.46 bits per heavy atom. The highest BCUT2D eigenvalue weighted by atomic mass is 32.2. The van der Waals surface area contributed by atoms with Gasteiger partial charge in [0.05, 0.1) is 0 Å². The van der Waals surface area contributed by atoms with Crippen molar-refractivity contribution in [2.45, 2.75) is 18.6 Å². The first-order valence-electron chi connectivity index (χ1n) is 4.64. The number of fused-ring (bicyclic) bond motifs is 1. The van der Waals surface area contributed by atoms with E-state index >= 15 is 0 Å². The molecule has 0 aromatic carbocycles. The Morgan fingerprint density at radius 3 is 3.23 bits per heavy atom. The first kappa shape index (κ1) is 9.03. The van der Waals surface area contributed by atoms with Crippen LogP contribution in [0.2, 0.25) is 0 Å². The maximum absolute atomic E-state index is 5.56. The quantitative estimate of drug-likeness (QED) is 0.773. The second-order valence-electron chi connectivity index (χ2n) is 3.28. The van der Waals surface area contributed by atoms with Crippen molar-refractivity contribution in [1.29, 1.82) is 0 Å². The minimum atomic E-state index is 0.727. The summed E-state index contributed by atoms with van der Waals surface area (Å²) in [6, 6.07) is 0. The van der Waals surface area contributed by atoms with Crippen LogP contribution in [0, 0.1) is 0 Å². The Hall–Kier alpha value is -0.540. The van der Waals surface area contributed by atoms with E-state index in [-0.39, 0.29) is 0 Å². The van der Waals surface area contributed by atoms with E-state index < -0.39 is 0 Å². The smallest absolute Gasteiger partial charge is 0.0311 e. The second kappa shape index (κ2) is 4.11. The fourth-order valence-corrected chi connectivity index (χ4v) is 2.71. The molecule has 3 heteroatoms. The van der Waals surface area contributed by atoms with Gasteiger partial charge in [-0.2, -0.15) is 11.8 Å². The number of hydrogen-bond acceptors (Lipinski definition) is 3. The zero-order chi connectivity index (χ0) is 9.10. The summed E-state index contributed by atoms with van der Waals surface area (Å²) in [6.07, 6.45) is 6.14. The largest absolute Gasteiger partial charge is 0.330 e. The van der Waals surface area contributed by atoms with Crippen LogP contribution in [-0.4, -0.2) is 17.3 Å². The van der Waals surface area contributed by atoms with Crippen LogP contribution >= 0.6 is 11.8 Å². The van der Waals surface area contributed by atoms with Crippen LogP contribution in [-0.2, 0) is 18.6 Å². The summed E-state index contributed by atoms with van der Waals surface area (Å²) in [5, 5.41) is 0. The molecular weight excluding hydrogens is 180 g/mol. The van der Waals surface area contributed by atoms with E-state index in [1.165, 1.54) is 28.9 Å². The van der Waals surface area contributed by atoms with Gasteiger partial charge in [-0.3, -0.25) is 4.98 Å². The van der Waals surface area contributed by atoms with Gasteiger partial charge in [-0.25, -0.2) is 0 Å². The molecule has 0 radical (unpaired) electrons. The summed E-state index contributed by atoms with van der Waals surface area (Å²) in [7, 11) is 0. The van der Waals surface area contributed by atoms with Gasteiger partial charge in [-0.1, -0.05) is 0 Å². The molecule has 1 aliphatic heterocycles. The van der Waals surface area contributed by atoms with Gasteiger partial charge in [0.25, 0.3) is 0 Å². The van der Waals surface area contributed by atoms with Gasteiger partial charge in [0, 0.05) is 18.1 Å². The average Bonchev–Trinajstić information content (AvgIpc) is 2.19. The van der Waals surface area contributed by atoms with Crippen molar-refractivity contribution in [2.24, 2.45) is 5.73 Å². The minimum Gasteiger partial charge on any atom is -0.330 e. The van der Waals surface area contributed by atoms with Crippen molar-refractivity contribution in [3.05, 3.63) is 29.1 Å². The van der Waals surface area contributed by atoms with Crippen LogP contribution in [0.1, 0.15) is 16.7 Å². The molecule has 0 saturated heterocycles. The molecule has 0 unspecified atom stereocenters. The molecule has 0 amide bonds. The van der Waals surface area contributed by atoms with Crippen LogP contribution in [0.3, 0.4) is 0 Å². The van der Waals surface area contributed by atoms with E-state index in [1.54, 1.807) is 0 Å². The molecule has 70 valence electrons. The number of thioether (sulfide) groups is 1. The van der Waals surface area contributed by atoms with Crippen LogP contribution in [0.15, 0.2) is 12.4 Å². The van der Waals surface area contributed by atoms with Gasteiger partial charge in [-0.15, -0.1) is 0 Å². The van der Waals surface area contributed by atoms with Gasteiger partial charge >= 0.3 is 0 Å². The van der Waals surface area contributed by atoms with Crippen LogP contribution in [0.25, 0.3) is 0 Å². The Morgan fingerprint density at radius 2 is 2.38 bits per heavy atom. The van der Waals surface area contributed by atoms with Crippen LogP contribution in [0.5, 0.6) is 0 Å². The molecule has 0 saturated carbocycles. The van der Waals surface area contributed by atoms with E-state index in [0.29, 0.717) is 0 Å². The fourth-order valence-electron chi connectivity index (χ4n) is 1.75. The van der Waals surface area contributed by atoms with E-state index in [0.717, 1.165) is 18.7 Å². The van der Waals surface area contributed by atoms with Gasteiger partial charge in [0.2, 0.25) is 0 Å². The van der Waals surface area contributed by atoms with Crippen molar-refractivity contribution in [3.63, 3.8) is 0 Å². The number of nitrogens with two attached hydrogens (primary N) is 1. The highest BCUT2D eigenvalue weighted by Gasteiger charge is 2.12. The molecule has 0 fully saturated rings. The van der Waals surface area contributed by atoms with Crippen molar-refractivity contribution in [1.82, 2.24) is 4.98 Å². The molecule has 2 rings (SSSR count). The molecule has 0 atom stereocenters. The zero-order valence-electron chi connectivity index (χ0n) is 7.62. The summed E-state index contributed by atoms with van der Waals surface area (Å²) >= 11 is 1.99. The third kappa shape index (κ3) is 1.86. The Balaban J connectivity index is 2.34. The molecule has 1 aromatic rings. The maximum atomic E-state index is 5.56. The van der Waals surface area contributed by atoms with Gasteiger partial charge < -0.3 is 5.73 Å². The predicted octanol–water partition coefficient (Wildman–Crippen LogP) is 1.37. The number of pyridine rings is 1. The number of nitrogens with zero attached hydrogens (tertiary/aromatic N) is 1. The zero-order valence-corrected chi connectivity index (χ0v) is 8.44. The average molecular weight is 194 g/mol. The SMILES string of the molecule is NCCc1cncc2c1CCSC2. The Labute approximate surface area is 82.9 Å². The first-order chi connectivity index (χ1) is 6.42. The molecule has 1 aromatic heterocycles. The van der Waals surface area contributed by atoms with Crippen molar-refractivity contribution in [2.75, 3.05) is 12.3 Å². The monoisotopic (exact) mass is 194 g/mol. The molecule has 2 nitrogen and oxygen atoms in total. The third-order valence-corrected chi connectivity index (χ3v) is 3.41. The highest BCUT2D eigenvalue weighted by molar-refractivity contribution is 7.98. The molecule has 0 spiro atoms. The van der Waals surface area contributed by atoms with Gasteiger partial charge in [0.1, 0.15) is 0 Å². The van der Waals surface area contributed by atoms with Crippen LogP contribution < -0.4 is 5.73 Å². The fraction of sp³-hybridized carbons (Fsp3) is 0.500. The number of aromatic nitrogens is 1. The minimum absolute atomic E-state index is 0.727. The maximum Gasteiger partial charge on any atom is 0.0311 e. The van der Waals surface area contributed by atoms with E-state index in [4.69, 9.17) is 5.73 Å². The summed E-state index contributed by atoms with van der Waals surface area (Å²) < 4.78 is 0.